The smallest absolute Gasteiger partial charge is 0.0341 e. The van der Waals surface area contributed by atoms with Crippen LogP contribution in [0.2, 0.25) is 0 Å². The first-order valence-electron chi connectivity index (χ1n) is 3.18. The summed E-state index contributed by atoms with van der Waals surface area (Å²) in [4.78, 5) is 1.01. The van der Waals surface area contributed by atoms with Crippen molar-refractivity contribution in [2.24, 2.45) is 0 Å². The average Bonchev–Trinajstić information content (AvgIpc) is 1.97. The van der Waals surface area contributed by atoms with E-state index in [1.165, 1.54) is 11.1 Å². The molecule has 3 heteroatoms. The van der Waals surface area contributed by atoms with Crippen LogP contribution in [0.4, 0.5) is 0 Å². The van der Waals surface area contributed by atoms with Gasteiger partial charge < -0.3 is 0 Å². The van der Waals surface area contributed by atoms with E-state index in [2.05, 4.69) is 50.6 Å². The number of aryl methyl sites for hydroxylation is 1. The van der Waals surface area contributed by atoms with Crippen LogP contribution in [0.25, 0.3) is 0 Å². The first-order valence-corrected chi connectivity index (χ1v) is 5.21. The predicted molar refractivity (Wildman–Crippen MR) is 58.6 cm³/mol. The number of hydrogen-bond acceptors (Lipinski definition) is 1. The van der Waals surface area contributed by atoms with Crippen molar-refractivity contribution in [3.63, 3.8) is 0 Å². The van der Waals surface area contributed by atoms with Crippen LogP contribution in [-0.4, -0.2) is 0 Å². The van der Waals surface area contributed by atoms with E-state index in [0.717, 1.165) is 13.8 Å². The Bertz CT molecular complexity index is 268. The normalized spacial score (nSPS) is 10.3. The molecular formula is C8H8Br2S. The molecule has 0 bridgehead atoms. The summed E-state index contributed by atoms with van der Waals surface area (Å²) < 4.78 is 2.20. The molecule has 0 aliphatic carbocycles. The largest absolute Gasteiger partial charge is 0.142 e. The van der Waals surface area contributed by atoms with Gasteiger partial charge in [-0.2, -0.15) is 0 Å². The number of hydrogen-bond donors (Lipinski definition) is 1. The minimum absolute atomic E-state index is 1.01. The minimum Gasteiger partial charge on any atom is -0.142 e. The van der Waals surface area contributed by atoms with Crippen LogP contribution in [0.15, 0.2) is 19.9 Å². The minimum atomic E-state index is 1.01. The summed E-state index contributed by atoms with van der Waals surface area (Å²) in [5.74, 6) is 0. The molecule has 11 heavy (non-hydrogen) atoms. The Morgan fingerprint density at radius 1 is 1.27 bits per heavy atom. The van der Waals surface area contributed by atoms with Crippen molar-refractivity contribution in [1.82, 2.24) is 0 Å². The third kappa shape index (κ3) is 1.82. The van der Waals surface area contributed by atoms with Gasteiger partial charge in [0.25, 0.3) is 0 Å². The molecule has 0 N–H and O–H groups in total. The zero-order valence-electron chi connectivity index (χ0n) is 6.28. The van der Waals surface area contributed by atoms with Gasteiger partial charge in [-0.15, -0.1) is 12.6 Å². The van der Waals surface area contributed by atoms with Crippen molar-refractivity contribution in [3.8, 4) is 0 Å². The van der Waals surface area contributed by atoms with E-state index in [-0.39, 0.29) is 0 Å². The topological polar surface area (TPSA) is 0 Å². The fourth-order valence-corrected chi connectivity index (χ4v) is 2.23. The molecule has 0 fully saturated rings. The Morgan fingerprint density at radius 3 is 2.36 bits per heavy atom. The number of halogens is 2. The van der Waals surface area contributed by atoms with Crippen LogP contribution in [0.1, 0.15) is 11.1 Å². The summed E-state index contributed by atoms with van der Waals surface area (Å²) in [7, 11) is 0. The zero-order chi connectivity index (χ0) is 8.59. The average molecular weight is 296 g/mol. The van der Waals surface area contributed by atoms with Gasteiger partial charge in [0.15, 0.2) is 0 Å². The molecule has 60 valence electrons. The summed E-state index contributed by atoms with van der Waals surface area (Å²) in [6.07, 6.45) is 0. The van der Waals surface area contributed by atoms with Gasteiger partial charge in [0.1, 0.15) is 0 Å². The first-order chi connectivity index (χ1) is 5.04. The molecule has 0 spiro atoms. The van der Waals surface area contributed by atoms with Crippen LogP contribution in [0.3, 0.4) is 0 Å². The molecule has 0 amide bonds. The van der Waals surface area contributed by atoms with E-state index in [9.17, 15) is 0 Å². The highest BCUT2D eigenvalue weighted by Gasteiger charge is 2.05. The van der Waals surface area contributed by atoms with Gasteiger partial charge in [0.2, 0.25) is 0 Å². The van der Waals surface area contributed by atoms with E-state index in [4.69, 9.17) is 0 Å². The molecule has 0 saturated carbocycles. The second-order valence-corrected chi connectivity index (χ2v) is 4.56. The van der Waals surface area contributed by atoms with E-state index >= 15 is 0 Å². The summed E-state index contributed by atoms with van der Waals surface area (Å²) in [6, 6.07) is 2.08. The molecular weight excluding hydrogens is 288 g/mol. The number of thiol groups is 1. The lowest BCUT2D eigenvalue weighted by molar-refractivity contribution is 1.21. The van der Waals surface area contributed by atoms with Gasteiger partial charge >= 0.3 is 0 Å². The van der Waals surface area contributed by atoms with Gasteiger partial charge in [-0.25, -0.2) is 0 Å². The van der Waals surface area contributed by atoms with Crippen LogP contribution < -0.4 is 0 Å². The summed E-state index contributed by atoms with van der Waals surface area (Å²) in [5, 5.41) is 0. The van der Waals surface area contributed by atoms with Gasteiger partial charge in [0.05, 0.1) is 0 Å². The molecule has 1 aromatic rings. The second kappa shape index (κ2) is 3.50. The molecule has 0 aromatic heterocycles. The van der Waals surface area contributed by atoms with Crippen molar-refractivity contribution >= 4 is 44.5 Å². The third-order valence-corrected chi connectivity index (χ3v) is 4.32. The second-order valence-electron chi connectivity index (χ2n) is 2.46. The Balaban J connectivity index is 3.46. The van der Waals surface area contributed by atoms with Crippen molar-refractivity contribution in [1.29, 1.82) is 0 Å². The summed E-state index contributed by atoms with van der Waals surface area (Å²) in [6.45, 7) is 4.09. The van der Waals surface area contributed by atoms with Crippen LogP contribution in [-0.2, 0) is 0 Å². The SMILES string of the molecule is Cc1cc(Br)c(C)c(S)c1Br. The van der Waals surface area contributed by atoms with Crippen molar-refractivity contribution in [2.45, 2.75) is 18.7 Å². The fourth-order valence-electron chi connectivity index (χ4n) is 0.826. The molecule has 0 radical (unpaired) electrons. The third-order valence-electron chi connectivity index (χ3n) is 1.61. The standard InChI is InChI=1S/C8H8Br2S/c1-4-3-6(9)5(2)8(11)7(4)10/h3,11H,1-2H3. The van der Waals surface area contributed by atoms with E-state index < -0.39 is 0 Å². The fraction of sp³-hybridized carbons (Fsp3) is 0.250. The van der Waals surface area contributed by atoms with Crippen LogP contribution in [0, 0.1) is 13.8 Å². The number of benzene rings is 1. The van der Waals surface area contributed by atoms with Gasteiger partial charge in [-0.05, 0) is 47.0 Å². The van der Waals surface area contributed by atoms with Crippen LogP contribution >= 0.6 is 44.5 Å². The highest BCUT2D eigenvalue weighted by Crippen LogP contribution is 2.32. The van der Waals surface area contributed by atoms with Gasteiger partial charge in [-0.3, -0.25) is 0 Å². The maximum atomic E-state index is 4.37. The summed E-state index contributed by atoms with van der Waals surface area (Å²) in [5.41, 5.74) is 2.37. The molecule has 0 unspecified atom stereocenters. The Labute approximate surface area is 89.1 Å². The monoisotopic (exact) mass is 294 g/mol. The quantitative estimate of drug-likeness (QED) is 0.684. The molecule has 1 rings (SSSR count). The molecule has 0 aliphatic heterocycles. The van der Waals surface area contributed by atoms with Crippen molar-refractivity contribution in [2.75, 3.05) is 0 Å². The Hall–Kier alpha value is 0.530. The molecule has 0 heterocycles. The Morgan fingerprint density at radius 2 is 1.82 bits per heavy atom. The van der Waals surface area contributed by atoms with E-state index in [0.29, 0.717) is 0 Å². The molecule has 0 atom stereocenters. The van der Waals surface area contributed by atoms with Crippen molar-refractivity contribution < 1.29 is 0 Å². The highest BCUT2D eigenvalue weighted by atomic mass is 79.9. The lowest BCUT2D eigenvalue weighted by atomic mass is 10.2. The molecule has 1 aromatic carbocycles. The molecule has 0 saturated heterocycles. The van der Waals surface area contributed by atoms with E-state index in [1.807, 2.05) is 13.8 Å². The lowest BCUT2D eigenvalue weighted by Crippen LogP contribution is -1.84. The van der Waals surface area contributed by atoms with E-state index in [1.54, 1.807) is 0 Å². The molecule has 0 aliphatic rings. The van der Waals surface area contributed by atoms with Crippen LogP contribution in [0.5, 0.6) is 0 Å². The summed E-state index contributed by atoms with van der Waals surface area (Å²) >= 11 is 11.3. The maximum Gasteiger partial charge on any atom is 0.0341 e. The lowest BCUT2D eigenvalue weighted by Gasteiger charge is -2.07. The predicted octanol–water partition coefficient (Wildman–Crippen LogP) is 4.12. The highest BCUT2D eigenvalue weighted by molar-refractivity contribution is 9.11. The van der Waals surface area contributed by atoms with Crippen molar-refractivity contribution in [3.05, 3.63) is 26.1 Å². The van der Waals surface area contributed by atoms with Gasteiger partial charge in [0, 0.05) is 13.8 Å². The van der Waals surface area contributed by atoms with Gasteiger partial charge in [-0.1, -0.05) is 15.9 Å². The Kier molecular flexibility index (Phi) is 3.06. The zero-order valence-corrected chi connectivity index (χ0v) is 10.3. The number of rotatable bonds is 0. The first kappa shape index (κ1) is 9.62. The molecule has 0 nitrogen and oxygen atoms in total. The maximum absolute atomic E-state index is 4.37.